The summed E-state index contributed by atoms with van der Waals surface area (Å²) in [5.74, 6) is 1.44. The molecule has 0 aliphatic rings. The van der Waals surface area contributed by atoms with Gasteiger partial charge in [0.1, 0.15) is 0 Å². The standard InChI is InChI=1S/C20H19N5O4S/c1-2-11-23-30(28,29)15-9-7-14(8-10-15)19(26)21-12-13-22-20(27)18-16-5-3-4-6-17(16)24-25-18/h1,3-10,23H,11-13H2,(H,21,26)(H,22,27)(H,24,25). The van der Waals surface area contributed by atoms with Crippen molar-refractivity contribution in [1.29, 1.82) is 0 Å². The molecule has 9 nitrogen and oxygen atoms in total. The number of benzene rings is 2. The molecule has 154 valence electrons. The minimum absolute atomic E-state index is 0.00722. The maximum absolute atomic E-state index is 12.3. The van der Waals surface area contributed by atoms with Gasteiger partial charge in [-0.05, 0) is 30.3 Å². The number of rotatable bonds is 8. The molecule has 3 rings (SSSR count). The maximum atomic E-state index is 12.3. The van der Waals surface area contributed by atoms with Gasteiger partial charge in [0.15, 0.2) is 5.69 Å². The molecule has 10 heteroatoms. The highest BCUT2D eigenvalue weighted by atomic mass is 32.2. The molecule has 0 spiro atoms. The molecule has 0 radical (unpaired) electrons. The van der Waals surface area contributed by atoms with Gasteiger partial charge in [0.2, 0.25) is 10.0 Å². The smallest absolute Gasteiger partial charge is 0.272 e. The lowest BCUT2D eigenvalue weighted by Gasteiger charge is -2.08. The summed E-state index contributed by atoms with van der Waals surface area (Å²) in [5, 5.41) is 12.9. The molecule has 2 aromatic carbocycles. The molecule has 3 aromatic rings. The summed E-state index contributed by atoms with van der Waals surface area (Å²) >= 11 is 0. The molecule has 30 heavy (non-hydrogen) atoms. The summed E-state index contributed by atoms with van der Waals surface area (Å²) in [6.07, 6.45) is 5.05. The van der Waals surface area contributed by atoms with E-state index in [2.05, 4.69) is 31.5 Å². The van der Waals surface area contributed by atoms with Crippen molar-refractivity contribution in [2.45, 2.75) is 4.90 Å². The fourth-order valence-electron chi connectivity index (χ4n) is 2.68. The summed E-state index contributed by atoms with van der Waals surface area (Å²) in [7, 11) is -3.71. The van der Waals surface area contributed by atoms with Crippen LogP contribution >= 0.6 is 0 Å². The monoisotopic (exact) mass is 425 g/mol. The van der Waals surface area contributed by atoms with E-state index in [1.165, 1.54) is 24.3 Å². The second-order valence-corrected chi connectivity index (χ2v) is 7.95. The Balaban J connectivity index is 1.50. The number of amides is 2. The summed E-state index contributed by atoms with van der Waals surface area (Å²) in [6.45, 7) is 0.273. The van der Waals surface area contributed by atoms with Crippen LogP contribution in [-0.4, -0.2) is 50.1 Å². The Bertz CT molecular complexity index is 1210. The zero-order chi connectivity index (χ0) is 21.6. The average Bonchev–Trinajstić information content (AvgIpc) is 3.19. The van der Waals surface area contributed by atoms with E-state index >= 15 is 0 Å². The Kier molecular flexibility index (Phi) is 6.46. The first-order valence-electron chi connectivity index (χ1n) is 8.95. The summed E-state index contributed by atoms with van der Waals surface area (Å²) in [4.78, 5) is 24.5. The number of hydrogen-bond acceptors (Lipinski definition) is 5. The van der Waals surface area contributed by atoms with E-state index in [1.54, 1.807) is 6.07 Å². The lowest BCUT2D eigenvalue weighted by atomic mass is 10.2. The van der Waals surface area contributed by atoms with E-state index in [0.29, 0.717) is 5.39 Å². The number of sulfonamides is 1. The molecule has 0 bridgehead atoms. The Morgan fingerprint density at radius 2 is 1.67 bits per heavy atom. The van der Waals surface area contributed by atoms with Crippen molar-refractivity contribution in [2.75, 3.05) is 19.6 Å². The number of fused-ring (bicyclic) bond motifs is 1. The molecule has 0 saturated carbocycles. The molecule has 2 amide bonds. The fourth-order valence-corrected chi connectivity index (χ4v) is 3.61. The molecule has 0 atom stereocenters. The number of terminal acetylenes is 1. The fraction of sp³-hybridized carbons (Fsp3) is 0.150. The minimum Gasteiger partial charge on any atom is -0.350 e. The van der Waals surface area contributed by atoms with Crippen LogP contribution in [0.2, 0.25) is 0 Å². The molecule has 4 N–H and O–H groups in total. The van der Waals surface area contributed by atoms with Gasteiger partial charge in [0, 0.05) is 24.0 Å². The molecule has 0 fully saturated rings. The van der Waals surface area contributed by atoms with Crippen LogP contribution in [0.3, 0.4) is 0 Å². The van der Waals surface area contributed by atoms with Crippen LogP contribution in [0.15, 0.2) is 53.4 Å². The van der Waals surface area contributed by atoms with E-state index in [4.69, 9.17) is 6.42 Å². The van der Waals surface area contributed by atoms with Gasteiger partial charge in [0.25, 0.3) is 11.8 Å². The van der Waals surface area contributed by atoms with Gasteiger partial charge in [-0.25, -0.2) is 8.42 Å². The highest BCUT2D eigenvalue weighted by Crippen LogP contribution is 2.14. The second kappa shape index (κ2) is 9.21. The Morgan fingerprint density at radius 1 is 1.00 bits per heavy atom. The lowest BCUT2D eigenvalue weighted by Crippen LogP contribution is -2.35. The highest BCUT2D eigenvalue weighted by Gasteiger charge is 2.15. The van der Waals surface area contributed by atoms with E-state index in [1.807, 2.05) is 18.2 Å². The van der Waals surface area contributed by atoms with Crippen LogP contribution < -0.4 is 15.4 Å². The quantitative estimate of drug-likeness (QED) is 0.310. The van der Waals surface area contributed by atoms with Crippen molar-refractivity contribution >= 4 is 32.7 Å². The van der Waals surface area contributed by atoms with Crippen molar-refractivity contribution < 1.29 is 18.0 Å². The third-order valence-electron chi connectivity index (χ3n) is 4.17. The number of aromatic amines is 1. The maximum Gasteiger partial charge on any atom is 0.272 e. The molecule has 1 heterocycles. The molecule has 1 aromatic heterocycles. The number of H-pyrrole nitrogens is 1. The number of para-hydroxylation sites is 1. The first kappa shape index (κ1) is 21.0. The SMILES string of the molecule is C#CCNS(=O)(=O)c1ccc(C(=O)NCCNC(=O)c2n[nH]c3ccccc23)cc1. The van der Waals surface area contributed by atoms with E-state index in [0.717, 1.165) is 5.52 Å². The van der Waals surface area contributed by atoms with Crippen LogP contribution in [0.5, 0.6) is 0 Å². The van der Waals surface area contributed by atoms with Gasteiger partial charge in [0.05, 0.1) is 17.0 Å². The van der Waals surface area contributed by atoms with Crippen molar-refractivity contribution in [1.82, 2.24) is 25.6 Å². The second-order valence-electron chi connectivity index (χ2n) is 6.18. The van der Waals surface area contributed by atoms with E-state index in [9.17, 15) is 18.0 Å². The molecule has 0 saturated heterocycles. The summed E-state index contributed by atoms with van der Waals surface area (Å²) < 4.78 is 26.2. The van der Waals surface area contributed by atoms with Crippen molar-refractivity contribution in [3.8, 4) is 12.3 Å². The zero-order valence-corrected chi connectivity index (χ0v) is 16.6. The molecule has 0 aliphatic carbocycles. The van der Waals surface area contributed by atoms with Gasteiger partial charge in [-0.15, -0.1) is 6.42 Å². The number of nitrogens with zero attached hydrogens (tertiary/aromatic N) is 1. The van der Waals surface area contributed by atoms with Gasteiger partial charge < -0.3 is 10.6 Å². The Labute approximate surface area is 173 Å². The van der Waals surface area contributed by atoms with Crippen molar-refractivity contribution in [2.24, 2.45) is 0 Å². The van der Waals surface area contributed by atoms with Crippen LogP contribution in [0.1, 0.15) is 20.8 Å². The Hall–Kier alpha value is -3.68. The third-order valence-corrected chi connectivity index (χ3v) is 5.59. The minimum atomic E-state index is -3.71. The van der Waals surface area contributed by atoms with Crippen LogP contribution in [0.4, 0.5) is 0 Å². The lowest BCUT2D eigenvalue weighted by molar-refractivity contribution is 0.0926. The number of aromatic nitrogens is 2. The first-order valence-corrected chi connectivity index (χ1v) is 10.4. The average molecular weight is 425 g/mol. The van der Waals surface area contributed by atoms with Crippen molar-refractivity contribution in [3.63, 3.8) is 0 Å². The number of carbonyl (C=O) groups is 2. The zero-order valence-electron chi connectivity index (χ0n) is 15.8. The van der Waals surface area contributed by atoms with Crippen LogP contribution in [0.25, 0.3) is 10.9 Å². The predicted octanol–water partition coefficient (Wildman–Crippen LogP) is 0.634. The van der Waals surface area contributed by atoms with Gasteiger partial charge in [-0.1, -0.05) is 24.1 Å². The summed E-state index contributed by atoms with van der Waals surface area (Å²) in [5.41, 5.74) is 1.33. The van der Waals surface area contributed by atoms with E-state index in [-0.39, 0.29) is 41.7 Å². The Morgan fingerprint density at radius 3 is 2.37 bits per heavy atom. The molecule has 0 aliphatic heterocycles. The number of nitrogens with one attached hydrogen (secondary N) is 4. The van der Waals surface area contributed by atoms with Crippen molar-refractivity contribution in [3.05, 3.63) is 59.8 Å². The van der Waals surface area contributed by atoms with Crippen LogP contribution in [0, 0.1) is 12.3 Å². The molecular formula is C20H19N5O4S. The van der Waals surface area contributed by atoms with Gasteiger partial charge >= 0.3 is 0 Å². The topological polar surface area (TPSA) is 133 Å². The van der Waals surface area contributed by atoms with Gasteiger partial charge in [-0.2, -0.15) is 9.82 Å². The molecule has 0 unspecified atom stereocenters. The number of carbonyl (C=O) groups excluding carboxylic acids is 2. The normalized spacial score (nSPS) is 11.0. The molecular weight excluding hydrogens is 406 g/mol. The number of hydrogen-bond donors (Lipinski definition) is 4. The largest absolute Gasteiger partial charge is 0.350 e. The third kappa shape index (κ3) is 4.83. The summed E-state index contributed by atoms with van der Waals surface area (Å²) in [6, 6.07) is 12.7. The first-order chi connectivity index (χ1) is 14.4. The van der Waals surface area contributed by atoms with E-state index < -0.39 is 15.9 Å². The van der Waals surface area contributed by atoms with Crippen LogP contribution in [-0.2, 0) is 10.0 Å². The predicted molar refractivity (Wildman–Crippen MR) is 111 cm³/mol. The highest BCUT2D eigenvalue weighted by molar-refractivity contribution is 7.89. The van der Waals surface area contributed by atoms with Gasteiger partial charge in [-0.3, -0.25) is 14.7 Å².